The lowest BCUT2D eigenvalue weighted by molar-refractivity contribution is -0.0814. The monoisotopic (exact) mass is 298 g/mol. The summed E-state index contributed by atoms with van der Waals surface area (Å²) in [4.78, 5) is 7.17. The van der Waals surface area contributed by atoms with Crippen LogP contribution in [0.15, 0.2) is 29.1 Å². The Bertz CT molecular complexity index is 676. The number of aromatic nitrogens is 1. The van der Waals surface area contributed by atoms with Gasteiger partial charge in [-0.1, -0.05) is 0 Å². The van der Waals surface area contributed by atoms with Crippen molar-refractivity contribution in [1.82, 2.24) is 9.88 Å². The molecule has 0 unspecified atom stereocenters. The number of fused-ring (bicyclic) bond motifs is 3. The topological polar surface area (TPSA) is 25.4 Å². The first-order valence-electron chi connectivity index (χ1n) is 7.75. The van der Waals surface area contributed by atoms with Gasteiger partial charge < -0.3 is 4.74 Å². The molecule has 6 rings (SSSR count). The van der Waals surface area contributed by atoms with E-state index in [0.717, 1.165) is 18.8 Å². The lowest BCUT2D eigenvalue weighted by Crippen LogP contribution is -2.61. The summed E-state index contributed by atoms with van der Waals surface area (Å²) in [6.45, 7) is 3.58. The van der Waals surface area contributed by atoms with Gasteiger partial charge in [0.05, 0.1) is 0 Å². The molecule has 3 fully saturated rings. The fourth-order valence-corrected chi connectivity index (χ4v) is 4.96. The zero-order chi connectivity index (χ0) is 13.9. The number of pyridine rings is 1. The van der Waals surface area contributed by atoms with E-state index in [-0.39, 0.29) is 5.60 Å². The Labute approximate surface area is 128 Å². The second-order valence-corrected chi connectivity index (χ2v) is 7.37. The molecular weight excluding hydrogens is 280 g/mol. The maximum absolute atomic E-state index is 6.39. The predicted molar refractivity (Wildman–Crippen MR) is 83.8 cm³/mol. The molecule has 4 heteroatoms. The summed E-state index contributed by atoms with van der Waals surface area (Å²) in [6, 6.07) is 4.45. The van der Waals surface area contributed by atoms with Crippen LogP contribution in [0, 0.1) is 5.92 Å². The van der Waals surface area contributed by atoms with Crippen LogP contribution in [0.1, 0.15) is 18.4 Å². The van der Waals surface area contributed by atoms with Gasteiger partial charge in [0.2, 0.25) is 5.88 Å². The van der Waals surface area contributed by atoms with E-state index in [4.69, 9.17) is 4.74 Å². The molecule has 108 valence electrons. The van der Waals surface area contributed by atoms with Crippen molar-refractivity contribution in [2.24, 2.45) is 5.92 Å². The lowest BCUT2D eigenvalue weighted by atomic mass is 9.73. The quantitative estimate of drug-likeness (QED) is 0.808. The average molecular weight is 298 g/mol. The van der Waals surface area contributed by atoms with Crippen LogP contribution < -0.4 is 4.74 Å². The third-order valence-electron chi connectivity index (χ3n) is 5.39. The molecule has 0 aromatic carbocycles. The Kier molecular flexibility index (Phi) is 2.50. The highest BCUT2D eigenvalue weighted by Gasteiger charge is 2.52. The van der Waals surface area contributed by atoms with Gasteiger partial charge in [0, 0.05) is 36.2 Å². The van der Waals surface area contributed by atoms with E-state index < -0.39 is 0 Å². The third kappa shape index (κ3) is 1.79. The number of hydrogen-bond acceptors (Lipinski definition) is 4. The summed E-state index contributed by atoms with van der Waals surface area (Å²) in [5, 5.41) is 4.30. The van der Waals surface area contributed by atoms with Crippen LogP contribution in [0.4, 0.5) is 0 Å². The molecule has 0 N–H and O–H groups in total. The van der Waals surface area contributed by atoms with Crippen LogP contribution in [-0.2, 0) is 6.42 Å². The Morgan fingerprint density at radius 3 is 2.90 bits per heavy atom. The SMILES string of the molecule is c1cc(-c2cnc3c(c2)C[C@@]2(CN4CCC2CC4)O3)cs1. The largest absolute Gasteiger partial charge is 0.469 e. The molecule has 6 heterocycles. The summed E-state index contributed by atoms with van der Waals surface area (Å²) in [5.74, 6) is 1.59. The molecule has 2 aromatic rings. The standard InChI is InChI=1S/C17H18N2OS/c1-4-19-5-2-15(1)17(11-19)8-13-7-14(9-18-16(13)20-17)12-3-6-21-10-12/h3,6-7,9-10,15H,1-2,4-5,8,11H2/t17-/m0/s1. The number of hydrogen-bond donors (Lipinski definition) is 0. The Morgan fingerprint density at radius 2 is 2.19 bits per heavy atom. The van der Waals surface area contributed by atoms with Crippen LogP contribution in [0.5, 0.6) is 5.88 Å². The van der Waals surface area contributed by atoms with Crippen LogP contribution >= 0.6 is 11.3 Å². The number of thiophene rings is 1. The van der Waals surface area contributed by atoms with Gasteiger partial charge in [-0.05, 0) is 54.4 Å². The zero-order valence-electron chi connectivity index (χ0n) is 11.9. The first kappa shape index (κ1) is 12.2. The van der Waals surface area contributed by atoms with E-state index in [1.807, 2.05) is 6.20 Å². The van der Waals surface area contributed by atoms with Gasteiger partial charge in [-0.3, -0.25) is 4.90 Å². The molecule has 0 radical (unpaired) electrons. The molecule has 4 aliphatic rings. The summed E-state index contributed by atoms with van der Waals surface area (Å²) in [6.07, 6.45) is 5.56. The average Bonchev–Trinajstić information content (AvgIpc) is 3.14. The number of ether oxygens (including phenoxy) is 1. The van der Waals surface area contributed by atoms with Gasteiger partial charge in [0.1, 0.15) is 5.60 Å². The van der Waals surface area contributed by atoms with Crippen molar-refractivity contribution in [3.05, 3.63) is 34.7 Å². The van der Waals surface area contributed by atoms with Crippen molar-refractivity contribution in [3.63, 3.8) is 0 Å². The maximum Gasteiger partial charge on any atom is 0.217 e. The molecular formula is C17H18N2OS. The van der Waals surface area contributed by atoms with E-state index in [1.165, 1.54) is 42.6 Å². The summed E-state index contributed by atoms with van der Waals surface area (Å²) in [7, 11) is 0. The minimum atomic E-state index is 0.0130. The smallest absolute Gasteiger partial charge is 0.217 e. The first-order valence-corrected chi connectivity index (χ1v) is 8.70. The van der Waals surface area contributed by atoms with Crippen LogP contribution in [0.3, 0.4) is 0 Å². The normalized spacial score (nSPS) is 33.1. The van der Waals surface area contributed by atoms with Crippen molar-refractivity contribution >= 4 is 11.3 Å². The molecule has 2 aromatic heterocycles. The van der Waals surface area contributed by atoms with Gasteiger partial charge in [0.15, 0.2) is 0 Å². The lowest BCUT2D eigenvalue weighted by Gasteiger charge is -2.50. The van der Waals surface area contributed by atoms with Crippen LogP contribution in [0.25, 0.3) is 11.1 Å². The number of piperidine rings is 3. The molecule has 0 aliphatic carbocycles. The molecule has 2 bridgehead atoms. The highest BCUT2D eigenvalue weighted by Crippen LogP contribution is 2.46. The minimum absolute atomic E-state index is 0.0130. The van der Waals surface area contributed by atoms with E-state index >= 15 is 0 Å². The summed E-state index contributed by atoms with van der Waals surface area (Å²) >= 11 is 1.73. The molecule has 21 heavy (non-hydrogen) atoms. The van der Waals surface area contributed by atoms with E-state index in [0.29, 0.717) is 5.92 Å². The van der Waals surface area contributed by atoms with Crippen LogP contribution in [-0.4, -0.2) is 35.1 Å². The van der Waals surface area contributed by atoms with E-state index in [1.54, 1.807) is 11.3 Å². The van der Waals surface area contributed by atoms with Gasteiger partial charge >= 0.3 is 0 Å². The zero-order valence-corrected chi connectivity index (χ0v) is 12.7. The molecule has 1 atom stereocenters. The second kappa shape index (κ2) is 4.31. The van der Waals surface area contributed by atoms with Gasteiger partial charge in [-0.25, -0.2) is 4.98 Å². The minimum Gasteiger partial charge on any atom is -0.469 e. The highest BCUT2D eigenvalue weighted by atomic mass is 32.1. The molecule has 3 nitrogen and oxygen atoms in total. The fourth-order valence-electron chi connectivity index (χ4n) is 4.29. The molecule has 0 amide bonds. The number of nitrogens with zero attached hydrogens (tertiary/aromatic N) is 2. The molecule has 1 spiro atoms. The molecule has 4 aliphatic heterocycles. The van der Waals surface area contributed by atoms with Gasteiger partial charge in [0.25, 0.3) is 0 Å². The fraction of sp³-hybridized carbons (Fsp3) is 0.471. The molecule has 3 saturated heterocycles. The Hall–Kier alpha value is -1.39. The number of rotatable bonds is 1. The summed E-state index contributed by atoms with van der Waals surface area (Å²) in [5.41, 5.74) is 3.80. The van der Waals surface area contributed by atoms with Crippen molar-refractivity contribution in [2.75, 3.05) is 19.6 Å². The maximum atomic E-state index is 6.39. The van der Waals surface area contributed by atoms with Crippen molar-refractivity contribution < 1.29 is 4.74 Å². The Balaban J connectivity index is 1.51. The first-order chi connectivity index (χ1) is 10.3. The van der Waals surface area contributed by atoms with Gasteiger partial charge in [-0.15, -0.1) is 0 Å². The van der Waals surface area contributed by atoms with Crippen molar-refractivity contribution in [3.8, 4) is 17.0 Å². The van der Waals surface area contributed by atoms with Gasteiger partial charge in [-0.2, -0.15) is 11.3 Å². The van der Waals surface area contributed by atoms with E-state index in [9.17, 15) is 0 Å². The summed E-state index contributed by atoms with van der Waals surface area (Å²) < 4.78 is 6.39. The Morgan fingerprint density at radius 1 is 1.29 bits per heavy atom. The van der Waals surface area contributed by atoms with E-state index in [2.05, 4.69) is 32.8 Å². The highest BCUT2D eigenvalue weighted by molar-refractivity contribution is 7.08. The second-order valence-electron chi connectivity index (χ2n) is 6.59. The van der Waals surface area contributed by atoms with Crippen molar-refractivity contribution in [2.45, 2.75) is 24.9 Å². The van der Waals surface area contributed by atoms with Crippen molar-refractivity contribution in [1.29, 1.82) is 0 Å². The molecule has 0 saturated carbocycles. The third-order valence-corrected chi connectivity index (χ3v) is 6.08. The predicted octanol–water partition coefficient (Wildman–Crippen LogP) is 3.21. The van der Waals surface area contributed by atoms with Crippen LogP contribution in [0.2, 0.25) is 0 Å².